The number of hydrogen-bond donors (Lipinski definition) is 2. The van der Waals surface area contributed by atoms with Crippen molar-refractivity contribution in [3.05, 3.63) is 29.0 Å². The van der Waals surface area contributed by atoms with E-state index in [1.165, 1.54) is 0 Å². The van der Waals surface area contributed by atoms with Crippen LogP contribution in [0, 0.1) is 0 Å². The highest BCUT2D eigenvalue weighted by atomic mass is 16.5. The fourth-order valence-corrected chi connectivity index (χ4v) is 2.73. The van der Waals surface area contributed by atoms with Gasteiger partial charge in [-0.05, 0) is 31.5 Å². The lowest BCUT2D eigenvalue weighted by Gasteiger charge is -2.29. The van der Waals surface area contributed by atoms with Gasteiger partial charge in [0.05, 0.1) is 46.2 Å². The van der Waals surface area contributed by atoms with Gasteiger partial charge in [-0.2, -0.15) is 0 Å². The molecule has 7 heteroatoms. The Hall–Kier alpha value is -2.41. The number of benzene rings is 1. The number of ether oxygens (including phenoxy) is 4. The molecule has 0 spiro atoms. The molecule has 0 aliphatic carbocycles. The number of carbonyl (C=O) groups is 1. The van der Waals surface area contributed by atoms with Gasteiger partial charge in [0.25, 0.3) is 0 Å². The van der Waals surface area contributed by atoms with Gasteiger partial charge in [0.15, 0.2) is 11.5 Å². The Kier molecular flexibility index (Phi) is 5.92. The third kappa shape index (κ3) is 3.41. The summed E-state index contributed by atoms with van der Waals surface area (Å²) in [6.45, 7) is 4.50. The topological polar surface area (TPSA) is 78.1 Å². The zero-order valence-corrected chi connectivity index (χ0v) is 14.7. The van der Waals surface area contributed by atoms with Crippen LogP contribution in [0.5, 0.6) is 17.2 Å². The zero-order chi connectivity index (χ0) is 17.7. The van der Waals surface area contributed by atoms with Crippen LogP contribution in [0.25, 0.3) is 0 Å². The van der Waals surface area contributed by atoms with Crippen LogP contribution in [0.4, 0.5) is 0 Å². The summed E-state index contributed by atoms with van der Waals surface area (Å²) in [6, 6.07) is 3.33. The minimum absolute atomic E-state index is 0.317. The Morgan fingerprint density at radius 3 is 2.29 bits per heavy atom. The number of carbonyl (C=O) groups excluding carboxylic acids is 1. The summed E-state index contributed by atoms with van der Waals surface area (Å²) in [7, 11) is 4.67. The number of nitrogens with one attached hydrogen (secondary N) is 2. The summed E-state index contributed by atoms with van der Waals surface area (Å²) in [5.74, 6) is 1.23. The Balaban J connectivity index is 2.52. The Morgan fingerprint density at radius 1 is 1.17 bits per heavy atom. The second-order valence-corrected chi connectivity index (χ2v) is 5.21. The normalized spacial score (nSPS) is 17.1. The van der Waals surface area contributed by atoms with Crippen molar-refractivity contribution in [3.63, 3.8) is 0 Å². The highest BCUT2D eigenvalue weighted by Crippen LogP contribution is 2.41. The van der Waals surface area contributed by atoms with Gasteiger partial charge in [-0.1, -0.05) is 0 Å². The summed E-state index contributed by atoms with van der Waals surface area (Å²) >= 11 is 0. The van der Waals surface area contributed by atoms with Crippen molar-refractivity contribution in [3.8, 4) is 17.2 Å². The van der Waals surface area contributed by atoms with Crippen LogP contribution in [0.3, 0.4) is 0 Å². The van der Waals surface area contributed by atoms with E-state index < -0.39 is 0 Å². The molecule has 1 atom stereocenters. The van der Waals surface area contributed by atoms with Crippen LogP contribution in [0.2, 0.25) is 0 Å². The van der Waals surface area contributed by atoms with Gasteiger partial charge in [0, 0.05) is 5.70 Å². The SMILES string of the molecule is CCOC(=O)C1=C(C)NCNC1c1cc(OC)c(OC)c(OC)c1. The molecule has 1 aromatic rings. The largest absolute Gasteiger partial charge is 0.493 e. The van der Waals surface area contributed by atoms with Crippen molar-refractivity contribution >= 4 is 5.97 Å². The molecule has 1 aliphatic heterocycles. The highest BCUT2D eigenvalue weighted by molar-refractivity contribution is 5.91. The molecule has 0 radical (unpaired) electrons. The predicted molar refractivity (Wildman–Crippen MR) is 89.3 cm³/mol. The van der Waals surface area contributed by atoms with E-state index in [9.17, 15) is 4.79 Å². The molecule has 0 saturated carbocycles. The summed E-state index contributed by atoms with van der Waals surface area (Å²) in [6.07, 6.45) is 0. The molecule has 7 nitrogen and oxygen atoms in total. The molecule has 1 unspecified atom stereocenters. The van der Waals surface area contributed by atoms with Crippen molar-refractivity contribution in [2.45, 2.75) is 19.9 Å². The standard InChI is InChI=1S/C17H24N2O5/c1-6-24-17(20)14-10(2)18-9-19-15(14)11-7-12(21-3)16(23-5)13(8-11)22-4/h7-8,15,18-19H,6,9H2,1-5H3. The molecule has 0 fully saturated rings. The summed E-state index contributed by atoms with van der Waals surface area (Å²) < 4.78 is 21.3. The van der Waals surface area contributed by atoms with E-state index in [2.05, 4.69) is 10.6 Å². The number of rotatable bonds is 6. The fourth-order valence-electron chi connectivity index (χ4n) is 2.73. The first-order valence-corrected chi connectivity index (χ1v) is 7.72. The second kappa shape index (κ2) is 7.92. The van der Waals surface area contributed by atoms with Gasteiger partial charge in [-0.25, -0.2) is 4.79 Å². The van der Waals surface area contributed by atoms with Crippen LogP contribution in [-0.2, 0) is 9.53 Å². The molecule has 0 aromatic heterocycles. The average Bonchev–Trinajstić information content (AvgIpc) is 2.60. The maximum Gasteiger partial charge on any atom is 0.337 e. The molecule has 1 heterocycles. The first kappa shape index (κ1) is 17.9. The Labute approximate surface area is 141 Å². The quantitative estimate of drug-likeness (QED) is 0.766. The molecule has 2 rings (SSSR count). The maximum absolute atomic E-state index is 12.4. The van der Waals surface area contributed by atoms with Crippen molar-refractivity contribution in [2.75, 3.05) is 34.6 Å². The molecule has 0 saturated heterocycles. The van der Waals surface area contributed by atoms with Gasteiger partial charge in [-0.3, -0.25) is 5.32 Å². The zero-order valence-electron chi connectivity index (χ0n) is 14.7. The average molecular weight is 336 g/mol. The van der Waals surface area contributed by atoms with E-state index in [1.54, 1.807) is 28.3 Å². The molecule has 2 N–H and O–H groups in total. The van der Waals surface area contributed by atoms with Gasteiger partial charge >= 0.3 is 5.97 Å². The van der Waals surface area contributed by atoms with E-state index in [4.69, 9.17) is 18.9 Å². The van der Waals surface area contributed by atoms with Crippen molar-refractivity contribution in [1.29, 1.82) is 0 Å². The van der Waals surface area contributed by atoms with Gasteiger partial charge in [0.2, 0.25) is 5.75 Å². The number of methoxy groups -OCH3 is 3. The van der Waals surface area contributed by atoms with Crippen LogP contribution < -0.4 is 24.8 Å². The Bertz CT molecular complexity index is 617. The summed E-state index contributed by atoms with van der Waals surface area (Å²) in [4.78, 5) is 12.4. The molecular weight excluding hydrogens is 312 g/mol. The second-order valence-electron chi connectivity index (χ2n) is 5.21. The lowest BCUT2D eigenvalue weighted by molar-refractivity contribution is -0.139. The van der Waals surface area contributed by atoms with Crippen molar-refractivity contribution in [2.24, 2.45) is 0 Å². The first-order valence-electron chi connectivity index (χ1n) is 7.72. The lowest BCUT2D eigenvalue weighted by atomic mass is 9.95. The minimum atomic E-state index is -0.353. The van der Waals surface area contributed by atoms with E-state index in [0.717, 1.165) is 11.3 Å². The van der Waals surface area contributed by atoms with E-state index in [-0.39, 0.29) is 12.0 Å². The van der Waals surface area contributed by atoms with Crippen molar-refractivity contribution in [1.82, 2.24) is 10.6 Å². The van der Waals surface area contributed by atoms with Crippen LogP contribution in [0.15, 0.2) is 23.4 Å². The molecular formula is C17H24N2O5. The number of esters is 1. The summed E-state index contributed by atoms with van der Waals surface area (Å²) in [5, 5.41) is 6.40. The molecule has 1 aromatic carbocycles. The molecule has 24 heavy (non-hydrogen) atoms. The minimum Gasteiger partial charge on any atom is -0.493 e. The van der Waals surface area contributed by atoms with Gasteiger partial charge < -0.3 is 24.3 Å². The highest BCUT2D eigenvalue weighted by Gasteiger charge is 2.30. The van der Waals surface area contributed by atoms with Crippen LogP contribution in [0.1, 0.15) is 25.5 Å². The van der Waals surface area contributed by atoms with Crippen LogP contribution >= 0.6 is 0 Å². The van der Waals surface area contributed by atoms with Gasteiger partial charge in [0.1, 0.15) is 0 Å². The molecule has 0 amide bonds. The first-order chi connectivity index (χ1) is 11.6. The third-order valence-corrected chi connectivity index (χ3v) is 3.87. The molecule has 0 bridgehead atoms. The number of hydrogen-bond acceptors (Lipinski definition) is 7. The van der Waals surface area contributed by atoms with E-state index in [0.29, 0.717) is 36.1 Å². The fraction of sp³-hybridized carbons (Fsp3) is 0.471. The molecule has 132 valence electrons. The van der Waals surface area contributed by atoms with Gasteiger partial charge in [-0.15, -0.1) is 0 Å². The maximum atomic E-state index is 12.4. The monoisotopic (exact) mass is 336 g/mol. The number of allylic oxidation sites excluding steroid dienone is 1. The predicted octanol–water partition coefficient (Wildman–Crippen LogP) is 1.74. The van der Waals surface area contributed by atoms with Crippen LogP contribution in [-0.4, -0.2) is 40.6 Å². The molecule has 1 aliphatic rings. The van der Waals surface area contributed by atoms with E-state index in [1.807, 2.05) is 19.1 Å². The third-order valence-electron chi connectivity index (χ3n) is 3.87. The van der Waals surface area contributed by atoms with E-state index >= 15 is 0 Å². The smallest absolute Gasteiger partial charge is 0.337 e. The lowest BCUT2D eigenvalue weighted by Crippen LogP contribution is -2.41. The Morgan fingerprint density at radius 2 is 1.79 bits per heavy atom. The summed E-state index contributed by atoms with van der Waals surface area (Å²) in [5.41, 5.74) is 2.15. The van der Waals surface area contributed by atoms with Crippen molar-refractivity contribution < 1.29 is 23.7 Å².